The number of sulfonamides is 2. The van der Waals surface area contributed by atoms with Crippen LogP contribution in [0.3, 0.4) is 0 Å². The Labute approximate surface area is 150 Å². The first kappa shape index (κ1) is 20.3. The molecule has 25 heavy (non-hydrogen) atoms. The average molecular weight is 393 g/mol. The van der Waals surface area contributed by atoms with Crippen LogP contribution in [0.2, 0.25) is 0 Å². The second-order valence-corrected chi connectivity index (χ2v) is 10.3. The van der Waals surface area contributed by atoms with Crippen molar-refractivity contribution in [2.24, 2.45) is 0 Å². The number of rotatable bonds is 7. The van der Waals surface area contributed by atoms with Crippen LogP contribution in [0.1, 0.15) is 49.9 Å². The standard InChI is InChI=1S/C15H28N4O4S2/c1-12-15(13(2)18-17-12)25(22,23)16-10-11-19(24(3,20)21)14-8-6-4-5-7-9-14/h14,16H,4-11H2,1-3H3,(H,17,18). The normalized spacial score (nSPS) is 17.8. The number of aromatic amines is 1. The Balaban J connectivity index is 2.06. The molecule has 1 saturated carbocycles. The third-order valence-electron chi connectivity index (χ3n) is 4.61. The number of hydrogen-bond donors (Lipinski definition) is 2. The van der Waals surface area contributed by atoms with Gasteiger partial charge in [0.1, 0.15) is 4.90 Å². The summed E-state index contributed by atoms with van der Waals surface area (Å²) in [5, 5.41) is 6.55. The van der Waals surface area contributed by atoms with Gasteiger partial charge in [0, 0.05) is 19.1 Å². The lowest BCUT2D eigenvalue weighted by molar-refractivity contribution is 0.297. The van der Waals surface area contributed by atoms with Crippen LogP contribution in [0, 0.1) is 13.8 Å². The Hall–Kier alpha value is -0.970. The van der Waals surface area contributed by atoms with E-state index >= 15 is 0 Å². The first-order chi connectivity index (χ1) is 11.6. The van der Waals surface area contributed by atoms with Gasteiger partial charge in [0.15, 0.2) is 0 Å². The van der Waals surface area contributed by atoms with Gasteiger partial charge >= 0.3 is 0 Å². The molecule has 2 rings (SSSR count). The largest absolute Gasteiger partial charge is 0.281 e. The van der Waals surface area contributed by atoms with Crippen LogP contribution in [0.15, 0.2) is 4.90 Å². The monoisotopic (exact) mass is 392 g/mol. The molecule has 144 valence electrons. The Kier molecular flexibility index (Phi) is 6.63. The third kappa shape index (κ3) is 5.25. The minimum Gasteiger partial charge on any atom is -0.281 e. The fourth-order valence-corrected chi connectivity index (χ4v) is 6.03. The highest BCUT2D eigenvalue weighted by atomic mass is 32.2. The number of nitrogens with zero attached hydrogens (tertiary/aromatic N) is 2. The maximum Gasteiger partial charge on any atom is 0.244 e. The molecular formula is C15H28N4O4S2. The van der Waals surface area contributed by atoms with E-state index in [9.17, 15) is 16.8 Å². The van der Waals surface area contributed by atoms with Gasteiger partial charge in [-0.2, -0.15) is 9.40 Å². The topological polar surface area (TPSA) is 112 Å². The van der Waals surface area contributed by atoms with Crippen molar-refractivity contribution in [1.29, 1.82) is 0 Å². The van der Waals surface area contributed by atoms with Crippen molar-refractivity contribution in [2.45, 2.75) is 63.3 Å². The Morgan fingerprint density at radius 2 is 1.72 bits per heavy atom. The first-order valence-electron chi connectivity index (χ1n) is 8.61. The molecule has 0 aliphatic heterocycles. The van der Waals surface area contributed by atoms with E-state index in [0.29, 0.717) is 11.4 Å². The summed E-state index contributed by atoms with van der Waals surface area (Å²) in [6.07, 6.45) is 7.13. The molecule has 1 aromatic heterocycles. The van der Waals surface area contributed by atoms with Crippen LogP contribution >= 0.6 is 0 Å². The van der Waals surface area contributed by atoms with E-state index in [0.717, 1.165) is 38.5 Å². The van der Waals surface area contributed by atoms with Gasteiger partial charge in [-0.25, -0.2) is 21.6 Å². The van der Waals surface area contributed by atoms with Crippen LogP contribution in [0.5, 0.6) is 0 Å². The van der Waals surface area contributed by atoms with Crippen molar-refractivity contribution >= 4 is 20.0 Å². The van der Waals surface area contributed by atoms with Crippen molar-refractivity contribution in [2.75, 3.05) is 19.3 Å². The van der Waals surface area contributed by atoms with E-state index in [4.69, 9.17) is 0 Å². The minimum absolute atomic E-state index is 0.0377. The van der Waals surface area contributed by atoms with Crippen LogP contribution in [0.25, 0.3) is 0 Å². The highest BCUT2D eigenvalue weighted by Crippen LogP contribution is 2.23. The summed E-state index contributed by atoms with van der Waals surface area (Å²) in [7, 11) is -7.11. The molecule has 0 radical (unpaired) electrons. The second kappa shape index (κ2) is 8.15. The molecule has 1 aliphatic carbocycles. The molecule has 8 nitrogen and oxygen atoms in total. The van der Waals surface area contributed by atoms with E-state index in [1.54, 1.807) is 13.8 Å². The highest BCUT2D eigenvalue weighted by Gasteiger charge is 2.28. The minimum atomic E-state index is -3.72. The number of aryl methyl sites for hydroxylation is 2. The predicted molar refractivity (Wildman–Crippen MR) is 96.3 cm³/mol. The molecule has 0 saturated heterocycles. The number of aromatic nitrogens is 2. The predicted octanol–water partition coefficient (Wildman–Crippen LogP) is 1.29. The summed E-state index contributed by atoms with van der Waals surface area (Å²) in [5.74, 6) is 0. The summed E-state index contributed by atoms with van der Waals surface area (Å²) in [6, 6.07) is -0.0422. The average Bonchev–Trinajstić information content (AvgIpc) is 2.71. The zero-order valence-corrected chi connectivity index (χ0v) is 16.7. The summed E-state index contributed by atoms with van der Waals surface area (Å²) < 4.78 is 53.2. The smallest absolute Gasteiger partial charge is 0.244 e. The fourth-order valence-electron chi connectivity index (χ4n) is 3.46. The van der Waals surface area contributed by atoms with Crippen molar-refractivity contribution in [3.63, 3.8) is 0 Å². The van der Waals surface area contributed by atoms with Crippen LogP contribution < -0.4 is 4.72 Å². The molecule has 2 N–H and O–H groups in total. The van der Waals surface area contributed by atoms with Crippen LogP contribution in [-0.2, 0) is 20.0 Å². The molecule has 1 fully saturated rings. The van der Waals surface area contributed by atoms with Crippen LogP contribution in [-0.4, -0.2) is 56.7 Å². The zero-order valence-electron chi connectivity index (χ0n) is 15.1. The van der Waals surface area contributed by atoms with Gasteiger partial charge in [-0.3, -0.25) is 5.10 Å². The van der Waals surface area contributed by atoms with E-state index < -0.39 is 20.0 Å². The Bertz CT molecular complexity index is 759. The Morgan fingerprint density at radius 1 is 1.12 bits per heavy atom. The molecule has 0 unspecified atom stereocenters. The van der Waals surface area contributed by atoms with Crippen molar-refractivity contribution in [3.8, 4) is 0 Å². The molecule has 1 aliphatic rings. The highest BCUT2D eigenvalue weighted by molar-refractivity contribution is 7.89. The van der Waals surface area contributed by atoms with Crippen molar-refractivity contribution in [1.82, 2.24) is 19.2 Å². The summed E-state index contributed by atoms with van der Waals surface area (Å²) >= 11 is 0. The molecule has 10 heteroatoms. The molecule has 0 bridgehead atoms. The molecule has 0 amide bonds. The lowest BCUT2D eigenvalue weighted by Crippen LogP contribution is -2.44. The fraction of sp³-hybridized carbons (Fsp3) is 0.800. The lowest BCUT2D eigenvalue weighted by atomic mass is 10.1. The summed E-state index contributed by atoms with van der Waals surface area (Å²) in [5.41, 5.74) is 0.863. The van der Waals surface area contributed by atoms with Gasteiger partial charge in [0.25, 0.3) is 0 Å². The van der Waals surface area contributed by atoms with E-state index in [1.807, 2.05) is 0 Å². The van der Waals surface area contributed by atoms with Gasteiger partial charge in [0.05, 0.1) is 17.6 Å². The number of nitrogens with one attached hydrogen (secondary N) is 2. The Morgan fingerprint density at radius 3 is 2.20 bits per heavy atom. The van der Waals surface area contributed by atoms with Gasteiger partial charge in [-0.1, -0.05) is 25.7 Å². The van der Waals surface area contributed by atoms with Gasteiger partial charge in [0.2, 0.25) is 20.0 Å². The number of H-pyrrole nitrogens is 1. The zero-order chi connectivity index (χ0) is 18.7. The third-order valence-corrected chi connectivity index (χ3v) is 7.67. The van der Waals surface area contributed by atoms with E-state index in [2.05, 4.69) is 14.9 Å². The molecular weight excluding hydrogens is 364 g/mol. The first-order valence-corrected chi connectivity index (χ1v) is 11.9. The quantitative estimate of drug-likeness (QED) is 0.679. The molecule has 0 spiro atoms. The maximum absolute atomic E-state index is 12.5. The van der Waals surface area contributed by atoms with Gasteiger partial charge < -0.3 is 0 Å². The summed E-state index contributed by atoms with van der Waals surface area (Å²) in [4.78, 5) is 0.132. The SMILES string of the molecule is Cc1n[nH]c(C)c1S(=O)(=O)NCCN(C1CCCCCC1)S(C)(=O)=O. The lowest BCUT2D eigenvalue weighted by Gasteiger charge is -2.29. The van der Waals surface area contributed by atoms with Crippen molar-refractivity contribution < 1.29 is 16.8 Å². The molecule has 0 atom stereocenters. The maximum atomic E-state index is 12.5. The molecule has 0 aromatic carbocycles. The summed E-state index contributed by atoms with van der Waals surface area (Å²) in [6.45, 7) is 3.43. The van der Waals surface area contributed by atoms with Gasteiger partial charge in [-0.05, 0) is 26.7 Å². The molecule has 1 aromatic rings. The van der Waals surface area contributed by atoms with Gasteiger partial charge in [-0.15, -0.1) is 0 Å². The van der Waals surface area contributed by atoms with Crippen molar-refractivity contribution in [3.05, 3.63) is 11.4 Å². The van der Waals surface area contributed by atoms with E-state index in [1.165, 1.54) is 10.6 Å². The van der Waals surface area contributed by atoms with Crippen LogP contribution in [0.4, 0.5) is 0 Å². The second-order valence-electron chi connectivity index (χ2n) is 6.68. The van der Waals surface area contributed by atoms with E-state index in [-0.39, 0.29) is 24.0 Å². The molecule has 1 heterocycles. The number of hydrogen-bond acceptors (Lipinski definition) is 5.